The summed E-state index contributed by atoms with van der Waals surface area (Å²) in [7, 11) is 1.68. The molecule has 0 saturated heterocycles. The minimum absolute atomic E-state index is 0.929. The van der Waals surface area contributed by atoms with Gasteiger partial charge >= 0.3 is 0 Å². The number of hydrogen-bond acceptors (Lipinski definition) is 1. The molecule has 0 unspecified atom stereocenters. The van der Waals surface area contributed by atoms with Crippen LogP contribution in [0, 0.1) is 0 Å². The van der Waals surface area contributed by atoms with Crippen LogP contribution in [0.15, 0.2) is 12.4 Å². The second kappa shape index (κ2) is 5.14. The Balaban J connectivity index is 2.92. The fraction of sp³-hybridized carbons (Fsp3) is 0.333. The summed E-state index contributed by atoms with van der Waals surface area (Å²) in [6.07, 6.45) is 4.28. The molecule has 0 N–H and O–H groups in total. The fourth-order valence-corrected chi connectivity index (χ4v) is 2.82. The second-order valence-electron chi connectivity index (χ2n) is 2.00. The fourth-order valence-electron chi connectivity index (χ4n) is 0.791. The Labute approximate surface area is 99.3 Å². The van der Waals surface area contributed by atoms with Crippen molar-refractivity contribution in [2.75, 3.05) is 0 Å². The first-order chi connectivity index (χ1) is 5.31. The van der Waals surface area contributed by atoms with Gasteiger partial charge in [-0.1, -0.05) is 31.9 Å². The molecule has 62 valence electrons. The first-order valence-electron chi connectivity index (χ1n) is 2.92. The number of aromatic nitrogens is 1. The molecule has 0 aliphatic heterocycles. The first kappa shape index (κ1) is 10.4. The van der Waals surface area contributed by atoms with E-state index in [1.54, 1.807) is 9.12 Å². The Hall–Kier alpha value is 1.32. The van der Waals surface area contributed by atoms with Crippen molar-refractivity contribution in [3.05, 3.63) is 23.5 Å². The van der Waals surface area contributed by atoms with Crippen molar-refractivity contribution in [2.24, 2.45) is 0 Å². The summed E-state index contributed by atoms with van der Waals surface area (Å²) in [5, 5.41) is 1.86. The molecule has 0 spiro atoms. The summed E-state index contributed by atoms with van der Waals surface area (Å²) in [6.45, 7) is 0. The first-order valence-corrected chi connectivity index (χ1v) is 8.48. The van der Waals surface area contributed by atoms with Crippen molar-refractivity contribution in [1.82, 2.24) is 3.97 Å². The third kappa shape index (κ3) is 2.63. The van der Waals surface area contributed by atoms with Gasteiger partial charge in [0.2, 0.25) is 0 Å². The molecule has 0 aromatic carbocycles. The van der Waals surface area contributed by atoms with Gasteiger partial charge in [0.1, 0.15) is 0 Å². The predicted octanol–water partition coefficient (Wildman–Crippen LogP) is 4.12. The van der Waals surface area contributed by atoms with Crippen molar-refractivity contribution < 1.29 is 0 Å². The number of alkyl halides is 2. The highest BCUT2D eigenvalue weighted by atomic mass is 127. The van der Waals surface area contributed by atoms with E-state index in [0.717, 1.165) is 10.7 Å². The van der Waals surface area contributed by atoms with Gasteiger partial charge in [0.05, 0.1) is 0 Å². The van der Waals surface area contributed by atoms with Crippen molar-refractivity contribution in [3.8, 4) is 0 Å². The van der Waals surface area contributed by atoms with Crippen molar-refractivity contribution >= 4 is 62.2 Å². The molecule has 1 aromatic rings. The highest BCUT2D eigenvalue weighted by Gasteiger charge is 2.03. The van der Waals surface area contributed by atoms with Gasteiger partial charge in [0.15, 0.2) is 0 Å². The topological polar surface area (TPSA) is 4.93 Å². The van der Waals surface area contributed by atoms with Gasteiger partial charge in [-0.15, -0.1) is 0 Å². The highest BCUT2D eigenvalue weighted by molar-refractivity contribution is 14.2. The zero-order chi connectivity index (χ0) is 8.27. The molecule has 0 aliphatic rings. The Kier molecular flexibility index (Phi) is 4.86. The van der Waals surface area contributed by atoms with Crippen LogP contribution in [0.3, 0.4) is 0 Å². The largest absolute Gasteiger partial charge is 0.290 e. The maximum absolute atomic E-state index is 3.45. The lowest BCUT2D eigenvalue weighted by Gasteiger charge is -1.90. The average molecular weight is 411 g/mol. The van der Waals surface area contributed by atoms with Gasteiger partial charge in [-0.05, 0) is 11.1 Å². The lowest BCUT2D eigenvalue weighted by Crippen LogP contribution is -1.77. The molecule has 0 aliphatic carbocycles. The van der Waals surface area contributed by atoms with Gasteiger partial charge in [0, 0.05) is 53.4 Å². The van der Waals surface area contributed by atoms with Gasteiger partial charge < -0.3 is 0 Å². The maximum Gasteiger partial charge on any atom is 0.0301 e. The van der Waals surface area contributed by atoms with Gasteiger partial charge in [-0.25, -0.2) is 0 Å². The average Bonchev–Trinajstić information content (AvgIpc) is 2.46. The van der Waals surface area contributed by atoms with E-state index >= 15 is 0 Å². The zero-order valence-electron chi connectivity index (χ0n) is 5.56. The zero-order valence-corrected chi connectivity index (χ0v) is 11.7. The minimum Gasteiger partial charge on any atom is -0.290 e. The summed E-state index contributed by atoms with van der Waals surface area (Å²) in [6, 6.07) is 0. The van der Waals surface area contributed by atoms with Crippen molar-refractivity contribution in [3.63, 3.8) is 0 Å². The molecule has 0 radical (unpaired) electrons. The van der Waals surface area contributed by atoms with E-state index in [-0.39, 0.29) is 0 Å². The van der Waals surface area contributed by atoms with Crippen LogP contribution in [0.25, 0.3) is 0 Å². The van der Waals surface area contributed by atoms with Crippen LogP contribution in [0.5, 0.6) is 0 Å². The molecule has 0 saturated carbocycles. The molecule has 0 amide bonds. The Morgan fingerprint density at radius 2 is 1.73 bits per heavy atom. The van der Waals surface area contributed by atoms with E-state index < -0.39 is 0 Å². The van der Waals surface area contributed by atoms with Gasteiger partial charge in [-0.2, -0.15) is 0 Å². The van der Waals surface area contributed by atoms with Crippen LogP contribution in [0.2, 0.25) is 0 Å². The van der Waals surface area contributed by atoms with Gasteiger partial charge in [-0.3, -0.25) is 3.97 Å². The number of halogens is 3. The van der Waals surface area contributed by atoms with Crippen LogP contribution in [-0.2, 0) is 10.7 Å². The molecule has 1 rings (SSSR count). The molecule has 0 atom stereocenters. The summed E-state index contributed by atoms with van der Waals surface area (Å²) in [4.78, 5) is 0. The second-order valence-corrected chi connectivity index (χ2v) is 4.87. The molecule has 0 fully saturated rings. The van der Waals surface area contributed by atoms with E-state index in [2.05, 4.69) is 69.4 Å². The lowest BCUT2D eigenvalue weighted by molar-refractivity contribution is 1.28. The molecule has 1 nitrogen and oxygen atoms in total. The normalized spacial score (nSPS) is 10.5. The van der Waals surface area contributed by atoms with Gasteiger partial charge in [0.25, 0.3) is 0 Å². The minimum atomic E-state index is 0.929. The van der Waals surface area contributed by atoms with E-state index in [1.165, 1.54) is 11.1 Å². The molecule has 1 heterocycles. The molecule has 0 bridgehead atoms. The molecule has 1 aromatic heterocycles. The quantitative estimate of drug-likeness (QED) is 0.536. The third-order valence-electron chi connectivity index (χ3n) is 1.35. The maximum atomic E-state index is 3.45. The summed E-state index contributed by atoms with van der Waals surface area (Å²) in [5.41, 5.74) is 2.71. The van der Waals surface area contributed by atoms with E-state index in [4.69, 9.17) is 0 Å². The smallest absolute Gasteiger partial charge is 0.0301 e. The Bertz CT molecular complexity index is 217. The van der Waals surface area contributed by atoms with Crippen LogP contribution < -0.4 is 0 Å². The monoisotopic (exact) mass is 409 g/mol. The van der Waals surface area contributed by atoms with E-state index in [9.17, 15) is 0 Å². The Morgan fingerprint density at radius 3 is 2.00 bits per heavy atom. The standard InChI is InChI=1S/C6H6Br2INS/c7-1-5-3-10(11-9)4-6(5)2-8/h3-4H,1-2H2. The molecular formula is C6H6Br2INS. The van der Waals surface area contributed by atoms with Crippen LogP contribution in [0.4, 0.5) is 0 Å². The highest BCUT2D eigenvalue weighted by Crippen LogP contribution is 2.23. The summed E-state index contributed by atoms with van der Waals surface area (Å²) < 4.78 is 2.10. The molecular weight excluding hydrogens is 405 g/mol. The number of nitrogens with zero attached hydrogens (tertiary/aromatic N) is 1. The summed E-state index contributed by atoms with van der Waals surface area (Å²) >= 11 is 9.16. The van der Waals surface area contributed by atoms with Crippen molar-refractivity contribution in [2.45, 2.75) is 10.7 Å². The number of hydrogen-bond donors (Lipinski definition) is 0. The van der Waals surface area contributed by atoms with Crippen LogP contribution in [-0.4, -0.2) is 3.97 Å². The lowest BCUT2D eigenvalue weighted by atomic mass is 10.2. The van der Waals surface area contributed by atoms with Crippen molar-refractivity contribution in [1.29, 1.82) is 0 Å². The Morgan fingerprint density at radius 1 is 1.27 bits per heavy atom. The van der Waals surface area contributed by atoms with Crippen LogP contribution in [0.1, 0.15) is 11.1 Å². The summed E-state index contributed by atoms with van der Waals surface area (Å²) in [5.74, 6) is 0. The van der Waals surface area contributed by atoms with Crippen LogP contribution >= 0.6 is 62.2 Å². The SMILES string of the molecule is BrCc1cn(SI)cc1CBr. The number of rotatable bonds is 3. The predicted molar refractivity (Wildman–Crippen MR) is 66.7 cm³/mol. The molecule has 11 heavy (non-hydrogen) atoms. The van der Waals surface area contributed by atoms with E-state index in [0.29, 0.717) is 0 Å². The van der Waals surface area contributed by atoms with E-state index in [1.807, 2.05) is 0 Å². The molecule has 5 heteroatoms. The third-order valence-corrected chi connectivity index (χ3v) is 4.29.